The van der Waals surface area contributed by atoms with Gasteiger partial charge in [-0.15, -0.1) is 11.3 Å². The number of hydrogen-bond acceptors (Lipinski definition) is 5. The SMILES string of the molecule is CCC1=C(C2=CC=CCC2)C(C=O)N(C(C)Cc2nc3cccc(Cl)c3s2)CO1. The molecule has 1 aromatic carbocycles. The summed E-state index contributed by atoms with van der Waals surface area (Å²) in [5.41, 5.74) is 3.20. The summed E-state index contributed by atoms with van der Waals surface area (Å²) in [7, 11) is 0. The number of thiazole rings is 1. The molecule has 1 aromatic heterocycles. The standard InChI is InChI=1S/C23H25ClN2O2S/c1-3-20-22(16-8-5-4-6-9-16)19(13-27)26(14-28-20)15(2)12-21-25-18-11-7-10-17(24)23(18)29-21/h4-5,7-8,10-11,13,15,19H,3,6,9,12,14H2,1-2H3. The molecule has 29 heavy (non-hydrogen) atoms. The van der Waals surface area contributed by atoms with Crippen molar-refractivity contribution in [2.24, 2.45) is 0 Å². The number of carbonyl (C=O) groups is 1. The molecule has 0 N–H and O–H groups in total. The molecule has 1 aliphatic carbocycles. The largest absolute Gasteiger partial charge is 0.482 e. The second-order valence-electron chi connectivity index (χ2n) is 7.47. The number of allylic oxidation sites excluding steroid dienone is 4. The zero-order chi connectivity index (χ0) is 20.4. The predicted molar refractivity (Wildman–Crippen MR) is 119 cm³/mol. The number of rotatable bonds is 6. The van der Waals surface area contributed by atoms with E-state index in [-0.39, 0.29) is 12.1 Å². The van der Waals surface area contributed by atoms with E-state index in [1.165, 1.54) is 5.57 Å². The smallest absolute Gasteiger partial charge is 0.142 e. The molecule has 0 saturated carbocycles. The molecule has 0 radical (unpaired) electrons. The van der Waals surface area contributed by atoms with Gasteiger partial charge in [-0.3, -0.25) is 4.90 Å². The molecule has 6 heteroatoms. The molecule has 2 atom stereocenters. The van der Waals surface area contributed by atoms with Gasteiger partial charge < -0.3 is 9.53 Å². The second kappa shape index (κ2) is 8.82. The van der Waals surface area contributed by atoms with Crippen molar-refractivity contribution >= 4 is 39.4 Å². The van der Waals surface area contributed by atoms with Crippen LogP contribution in [0.2, 0.25) is 5.02 Å². The van der Waals surface area contributed by atoms with Gasteiger partial charge in [-0.05, 0) is 37.5 Å². The van der Waals surface area contributed by atoms with Crippen molar-refractivity contribution in [1.82, 2.24) is 9.88 Å². The van der Waals surface area contributed by atoms with Crippen LogP contribution in [0.1, 0.15) is 38.1 Å². The van der Waals surface area contributed by atoms with E-state index in [1.807, 2.05) is 18.2 Å². The molecule has 0 amide bonds. The summed E-state index contributed by atoms with van der Waals surface area (Å²) < 4.78 is 7.14. The molecule has 0 spiro atoms. The third-order valence-electron chi connectivity index (χ3n) is 5.60. The number of hydrogen-bond donors (Lipinski definition) is 0. The number of aldehydes is 1. The Bertz CT molecular complexity index is 1010. The first-order valence-electron chi connectivity index (χ1n) is 10.1. The first-order chi connectivity index (χ1) is 14.1. The Labute approximate surface area is 180 Å². The molecular formula is C23H25ClN2O2S. The van der Waals surface area contributed by atoms with Crippen LogP contribution < -0.4 is 0 Å². The zero-order valence-electron chi connectivity index (χ0n) is 16.7. The number of nitrogens with zero attached hydrogens (tertiary/aromatic N) is 2. The summed E-state index contributed by atoms with van der Waals surface area (Å²) in [4.78, 5) is 19.1. The third kappa shape index (κ3) is 4.04. The van der Waals surface area contributed by atoms with Crippen molar-refractivity contribution < 1.29 is 9.53 Å². The maximum atomic E-state index is 12.2. The molecule has 2 heterocycles. The van der Waals surface area contributed by atoms with Gasteiger partial charge in [0.1, 0.15) is 18.8 Å². The summed E-state index contributed by atoms with van der Waals surface area (Å²) >= 11 is 7.94. The van der Waals surface area contributed by atoms with Crippen molar-refractivity contribution in [3.63, 3.8) is 0 Å². The van der Waals surface area contributed by atoms with Crippen LogP contribution in [0.5, 0.6) is 0 Å². The van der Waals surface area contributed by atoms with Gasteiger partial charge in [0.2, 0.25) is 0 Å². The van der Waals surface area contributed by atoms with Crippen LogP contribution in [0.15, 0.2) is 53.3 Å². The molecular weight excluding hydrogens is 404 g/mol. The van der Waals surface area contributed by atoms with E-state index in [0.717, 1.165) is 63.5 Å². The average Bonchev–Trinajstić information content (AvgIpc) is 3.17. The third-order valence-corrected chi connectivity index (χ3v) is 7.15. The lowest BCUT2D eigenvalue weighted by Gasteiger charge is -2.40. The van der Waals surface area contributed by atoms with Gasteiger partial charge >= 0.3 is 0 Å². The van der Waals surface area contributed by atoms with Crippen molar-refractivity contribution in [3.8, 4) is 0 Å². The van der Waals surface area contributed by atoms with Gasteiger partial charge in [-0.25, -0.2) is 4.98 Å². The van der Waals surface area contributed by atoms with E-state index < -0.39 is 0 Å². The lowest BCUT2D eigenvalue weighted by Crippen LogP contribution is -2.49. The van der Waals surface area contributed by atoms with Crippen LogP contribution in [0.4, 0.5) is 0 Å². The van der Waals surface area contributed by atoms with Gasteiger partial charge in [0, 0.05) is 24.5 Å². The molecule has 0 saturated heterocycles. The molecule has 152 valence electrons. The van der Waals surface area contributed by atoms with Gasteiger partial charge in [0.25, 0.3) is 0 Å². The van der Waals surface area contributed by atoms with E-state index in [4.69, 9.17) is 21.3 Å². The van der Waals surface area contributed by atoms with E-state index in [0.29, 0.717) is 6.73 Å². The topological polar surface area (TPSA) is 42.4 Å². The normalized spacial score (nSPS) is 21.2. The molecule has 4 nitrogen and oxygen atoms in total. The number of ether oxygens (including phenoxy) is 1. The van der Waals surface area contributed by atoms with Gasteiger partial charge in [-0.1, -0.05) is 42.8 Å². The monoisotopic (exact) mass is 428 g/mol. The first kappa shape index (κ1) is 20.3. The Morgan fingerprint density at radius 2 is 2.31 bits per heavy atom. The van der Waals surface area contributed by atoms with E-state index in [1.54, 1.807) is 11.3 Å². The number of halogens is 1. The summed E-state index contributed by atoms with van der Waals surface area (Å²) in [6, 6.07) is 5.63. The Morgan fingerprint density at radius 3 is 3.00 bits per heavy atom. The molecule has 1 aliphatic heterocycles. The number of benzene rings is 1. The summed E-state index contributed by atoms with van der Waals surface area (Å²) in [5, 5.41) is 1.76. The van der Waals surface area contributed by atoms with E-state index in [9.17, 15) is 4.79 Å². The highest BCUT2D eigenvalue weighted by Crippen LogP contribution is 2.35. The maximum Gasteiger partial charge on any atom is 0.142 e. The molecule has 2 unspecified atom stereocenters. The quantitative estimate of drug-likeness (QED) is 0.555. The van der Waals surface area contributed by atoms with Gasteiger partial charge in [0.15, 0.2) is 0 Å². The number of aromatic nitrogens is 1. The lowest BCUT2D eigenvalue weighted by atomic mass is 9.89. The Kier molecular flexibility index (Phi) is 6.18. The minimum atomic E-state index is -0.288. The van der Waals surface area contributed by atoms with Crippen molar-refractivity contribution in [1.29, 1.82) is 0 Å². The molecule has 2 aliphatic rings. The highest BCUT2D eigenvalue weighted by atomic mass is 35.5. The maximum absolute atomic E-state index is 12.2. The minimum Gasteiger partial charge on any atom is -0.482 e. The zero-order valence-corrected chi connectivity index (χ0v) is 18.3. The van der Waals surface area contributed by atoms with Crippen molar-refractivity contribution in [2.45, 2.75) is 51.6 Å². The van der Waals surface area contributed by atoms with Crippen LogP contribution in [0, 0.1) is 0 Å². The summed E-state index contributed by atoms with van der Waals surface area (Å²) in [6.45, 7) is 4.64. The van der Waals surface area contributed by atoms with Crippen LogP contribution >= 0.6 is 22.9 Å². The average molecular weight is 429 g/mol. The van der Waals surface area contributed by atoms with E-state index in [2.05, 4.69) is 37.0 Å². The number of fused-ring (bicyclic) bond motifs is 1. The molecule has 2 aromatic rings. The highest BCUT2D eigenvalue weighted by molar-refractivity contribution is 7.19. The van der Waals surface area contributed by atoms with Gasteiger partial charge in [0.05, 0.1) is 26.3 Å². The first-order valence-corrected chi connectivity index (χ1v) is 11.3. The number of carbonyl (C=O) groups excluding carboxylic acids is 1. The highest BCUT2D eigenvalue weighted by Gasteiger charge is 2.35. The van der Waals surface area contributed by atoms with Crippen LogP contribution in [0.3, 0.4) is 0 Å². The van der Waals surface area contributed by atoms with Crippen LogP contribution in [0.25, 0.3) is 10.2 Å². The van der Waals surface area contributed by atoms with Crippen LogP contribution in [-0.2, 0) is 16.0 Å². The van der Waals surface area contributed by atoms with Crippen molar-refractivity contribution in [2.75, 3.05) is 6.73 Å². The fourth-order valence-electron chi connectivity index (χ4n) is 4.10. The van der Waals surface area contributed by atoms with Crippen LogP contribution in [-0.4, -0.2) is 35.0 Å². The molecule has 0 fully saturated rings. The minimum absolute atomic E-state index is 0.109. The summed E-state index contributed by atoms with van der Waals surface area (Å²) in [6.07, 6.45) is 10.9. The molecule has 0 bridgehead atoms. The summed E-state index contributed by atoms with van der Waals surface area (Å²) in [5.74, 6) is 0.943. The Balaban J connectivity index is 1.60. The van der Waals surface area contributed by atoms with Crippen molar-refractivity contribution in [3.05, 3.63) is 63.4 Å². The Morgan fingerprint density at radius 1 is 1.45 bits per heavy atom. The second-order valence-corrected chi connectivity index (χ2v) is 8.96. The lowest BCUT2D eigenvalue weighted by molar-refractivity contribution is -0.115. The van der Waals surface area contributed by atoms with Gasteiger partial charge in [-0.2, -0.15) is 0 Å². The Hall–Kier alpha value is -1.95. The predicted octanol–water partition coefficient (Wildman–Crippen LogP) is 5.68. The van der Waals surface area contributed by atoms with E-state index >= 15 is 0 Å². The fourth-order valence-corrected chi connectivity index (χ4v) is 5.47. The molecule has 4 rings (SSSR count). The fraction of sp³-hybridized carbons (Fsp3) is 0.391.